The van der Waals surface area contributed by atoms with Crippen LogP contribution in [0.15, 0.2) is 51.8 Å². The molecule has 0 saturated heterocycles. The third-order valence-corrected chi connectivity index (χ3v) is 6.04. The van der Waals surface area contributed by atoms with E-state index in [9.17, 15) is 13.2 Å². The Labute approximate surface area is 145 Å². The second-order valence-electron chi connectivity index (χ2n) is 5.52. The molecule has 1 aliphatic heterocycles. The highest BCUT2D eigenvalue weighted by Gasteiger charge is 2.28. The average Bonchev–Trinajstić information content (AvgIpc) is 2.80. The molecule has 5 nitrogen and oxygen atoms in total. The van der Waals surface area contributed by atoms with Gasteiger partial charge in [0.1, 0.15) is 5.04 Å². The lowest BCUT2D eigenvalue weighted by molar-refractivity contribution is -0.113. The summed E-state index contributed by atoms with van der Waals surface area (Å²) in [6.07, 6.45) is 0. The third kappa shape index (κ3) is 3.37. The maximum Gasteiger partial charge on any atom is 0.284 e. The SMILES string of the molecule is Cc1ccc(NC(=O)CSC2=NS(=O)(=O)c3ccccc32)c(C)c1. The van der Waals surface area contributed by atoms with Crippen molar-refractivity contribution in [2.45, 2.75) is 18.7 Å². The zero-order valence-electron chi connectivity index (χ0n) is 13.2. The molecule has 24 heavy (non-hydrogen) atoms. The van der Waals surface area contributed by atoms with Gasteiger partial charge in [-0.1, -0.05) is 47.7 Å². The van der Waals surface area contributed by atoms with E-state index in [4.69, 9.17) is 0 Å². The van der Waals surface area contributed by atoms with Crippen LogP contribution < -0.4 is 5.32 Å². The molecular formula is C17H16N2O3S2. The van der Waals surface area contributed by atoms with Crippen LogP contribution in [0.3, 0.4) is 0 Å². The number of carbonyl (C=O) groups excluding carboxylic acids is 1. The van der Waals surface area contributed by atoms with E-state index in [1.165, 1.54) is 6.07 Å². The summed E-state index contributed by atoms with van der Waals surface area (Å²) in [5.41, 5.74) is 3.43. The Morgan fingerprint density at radius 1 is 1.17 bits per heavy atom. The number of sulfonamides is 1. The summed E-state index contributed by atoms with van der Waals surface area (Å²) in [7, 11) is -3.64. The number of carbonyl (C=O) groups is 1. The smallest absolute Gasteiger partial charge is 0.284 e. The molecule has 2 aromatic rings. The Kier molecular flexibility index (Phi) is 4.47. The van der Waals surface area contributed by atoms with Gasteiger partial charge >= 0.3 is 0 Å². The minimum atomic E-state index is -3.64. The van der Waals surface area contributed by atoms with Crippen LogP contribution in [-0.2, 0) is 14.8 Å². The molecule has 0 atom stereocenters. The minimum absolute atomic E-state index is 0.0933. The van der Waals surface area contributed by atoms with Gasteiger partial charge in [0, 0.05) is 11.3 Å². The highest BCUT2D eigenvalue weighted by Crippen LogP contribution is 2.30. The van der Waals surface area contributed by atoms with Crippen LogP contribution in [-0.4, -0.2) is 25.1 Å². The van der Waals surface area contributed by atoms with E-state index in [1.54, 1.807) is 18.2 Å². The predicted octanol–water partition coefficient (Wildman–Crippen LogP) is 3.12. The standard InChI is InChI=1S/C17H16N2O3S2/c1-11-7-8-14(12(2)9-11)18-16(20)10-23-17-13-5-3-4-6-15(13)24(21,22)19-17/h3-9H,10H2,1-2H3,(H,18,20). The Bertz CT molecular complexity index is 950. The second-order valence-corrected chi connectivity index (χ2v) is 8.06. The first-order valence-corrected chi connectivity index (χ1v) is 9.74. The molecule has 7 heteroatoms. The quantitative estimate of drug-likeness (QED) is 0.912. The number of fused-ring (bicyclic) bond motifs is 1. The molecule has 3 rings (SSSR count). The second kappa shape index (κ2) is 6.41. The van der Waals surface area contributed by atoms with Crippen LogP contribution in [0.1, 0.15) is 16.7 Å². The predicted molar refractivity (Wildman–Crippen MR) is 97.2 cm³/mol. The van der Waals surface area contributed by atoms with Crippen LogP contribution >= 0.6 is 11.8 Å². The van der Waals surface area contributed by atoms with E-state index in [0.29, 0.717) is 10.6 Å². The first-order chi connectivity index (χ1) is 11.4. The van der Waals surface area contributed by atoms with Crippen molar-refractivity contribution in [3.63, 3.8) is 0 Å². The maximum absolute atomic E-state index is 12.1. The lowest BCUT2D eigenvalue weighted by Crippen LogP contribution is -2.16. The third-order valence-electron chi connectivity index (χ3n) is 3.59. The van der Waals surface area contributed by atoms with Gasteiger partial charge in [-0.3, -0.25) is 4.79 Å². The number of rotatable bonds is 3. The fraction of sp³-hybridized carbons (Fsp3) is 0.176. The van der Waals surface area contributed by atoms with Crippen molar-refractivity contribution in [3.8, 4) is 0 Å². The van der Waals surface area contributed by atoms with Gasteiger partial charge < -0.3 is 5.32 Å². The number of hydrogen-bond donors (Lipinski definition) is 1. The number of benzene rings is 2. The van der Waals surface area contributed by atoms with E-state index in [2.05, 4.69) is 9.71 Å². The summed E-state index contributed by atoms with van der Waals surface area (Å²) in [4.78, 5) is 12.3. The van der Waals surface area contributed by atoms with Gasteiger partial charge in [0.05, 0.1) is 10.6 Å². The molecule has 1 aliphatic rings. The molecule has 124 valence electrons. The molecule has 0 spiro atoms. The highest BCUT2D eigenvalue weighted by atomic mass is 32.2. The first-order valence-electron chi connectivity index (χ1n) is 7.31. The van der Waals surface area contributed by atoms with E-state index >= 15 is 0 Å². The van der Waals surface area contributed by atoms with Crippen molar-refractivity contribution in [3.05, 3.63) is 59.2 Å². The van der Waals surface area contributed by atoms with Crippen molar-refractivity contribution < 1.29 is 13.2 Å². The summed E-state index contributed by atoms with van der Waals surface area (Å²) in [6.45, 7) is 3.92. The van der Waals surface area contributed by atoms with Gasteiger partial charge in [-0.2, -0.15) is 12.8 Å². The van der Waals surface area contributed by atoms with Crippen molar-refractivity contribution in [2.75, 3.05) is 11.1 Å². The topological polar surface area (TPSA) is 75.6 Å². The van der Waals surface area contributed by atoms with Gasteiger partial charge in [0.2, 0.25) is 5.91 Å². The highest BCUT2D eigenvalue weighted by molar-refractivity contribution is 8.16. The van der Waals surface area contributed by atoms with E-state index in [-0.39, 0.29) is 16.6 Å². The van der Waals surface area contributed by atoms with Crippen LogP contribution in [0.25, 0.3) is 0 Å². The Balaban J connectivity index is 1.69. The van der Waals surface area contributed by atoms with Gasteiger partial charge in [-0.15, -0.1) is 0 Å². The maximum atomic E-state index is 12.1. The van der Waals surface area contributed by atoms with E-state index < -0.39 is 10.0 Å². The molecule has 1 heterocycles. The number of nitrogens with zero attached hydrogens (tertiary/aromatic N) is 1. The van der Waals surface area contributed by atoms with Crippen molar-refractivity contribution in [1.29, 1.82) is 0 Å². The fourth-order valence-electron chi connectivity index (χ4n) is 2.45. The number of amides is 1. The summed E-state index contributed by atoms with van der Waals surface area (Å²) in [5, 5.41) is 3.20. The number of nitrogens with one attached hydrogen (secondary N) is 1. The molecule has 0 bridgehead atoms. The molecule has 0 unspecified atom stereocenters. The fourth-order valence-corrected chi connectivity index (χ4v) is 4.81. The molecule has 1 amide bonds. The first kappa shape index (κ1) is 16.7. The minimum Gasteiger partial charge on any atom is -0.325 e. The largest absolute Gasteiger partial charge is 0.325 e. The van der Waals surface area contributed by atoms with Gasteiger partial charge in [-0.25, -0.2) is 0 Å². The molecule has 0 aliphatic carbocycles. The number of hydrogen-bond acceptors (Lipinski definition) is 4. The summed E-state index contributed by atoms with van der Waals surface area (Å²) in [5.74, 6) is -0.104. The Hall–Kier alpha value is -2.12. The Morgan fingerprint density at radius 3 is 2.67 bits per heavy atom. The molecule has 0 radical (unpaired) electrons. The number of thioether (sulfide) groups is 1. The Morgan fingerprint density at radius 2 is 1.92 bits per heavy atom. The molecule has 0 fully saturated rings. The van der Waals surface area contributed by atoms with Gasteiger partial charge in [-0.05, 0) is 31.5 Å². The van der Waals surface area contributed by atoms with Crippen molar-refractivity contribution in [2.24, 2.45) is 4.40 Å². The van der Waals surface area contributed by atoms with Gasteiger partial charge in [0.25, 0.3) is 10.0 Å². The van der Waals surface area contributed by atoms with Crippen LogP contribution in [0.2, 0.25) is 0 Å². The van der Waals surface area contributed by atoms with Crippen molar-refractivity contribution >= 4 is 38.4 Å². The van der Waals surface area contributed by atoms with Crippen LogP contribution in [0.5, 0.6) is 0 Å². The summed E-state index contributed by atoms with van der Waals surface area (Å²) < 4.78 is 27.7. The molecule has 0 aromatic heterocycles. The lowest BCUT2D eigenvalue weighted by Gasteiger charge is -2.09. The van der Waals surface area contributed by atoms with E-state index in [1.807, 2.05) is 32.0 Å². The normalized spacial score (nSPS) is 14.8. The lowest BCUT2D eigenvalue weighted by atomic mass is 10.1. The number of aryl methyl sites for hydroxylation is 2. The number of anilines is 1. The molecule has 2 aromatic carbocycles. The zero-order chi connectivity index (χ0) is 17.3. The van der Waals surface area contributed by atoms with Crippen LogP contribution in [0, 0.1) is 13.8 Å². The molecule has 0 saturated carbocycles. The summed E-state index contributed by atoms with van der Waals surface area (Å²) >= 11 is 1.12. The van der Waals surface area contributed by atoms with Crippen molar-refractivity contribution in [1.82, 2.24) is 0 Å². The molecular weight excluding hydrogens is 344 g/mol. The monoisotopic (exact) mass is 360 g/mol. The average molecular weight is 360 g/mol. The zero-order valence-corrected chi connectivity index (χ0v) is 14.9. The van der Waals surface area contributed by atoms with Gasteiger partial charge in [0.15, 0.2) is 0 Å². The molecule has 1 N–H and O–H groups in total. The summed E-state index contributed by atoms with van der Waals surface area (Å²) in [6, 6.07) is 12.4. The van der Waals surface area contributed by atoms with E-state index in [0.717, 1.165) is 28.6 Å². The van der Waals surface area contributed by atoms with Crippen LogP contribution in [0.4, 0.5) is 5.69 Å².